The number of rotatable bonds is 8. The third-order valence-corrected chi connectivity index (χ3v) is 2.72. The van der Waals surface area contributed by atoms with Crippen LogP contribution >= 0.6 is 0 Å². The standard InChI is InChI=1S/C15H25N3O2/c1-3-16-15(17-9-10-20-2)18-12-14(19)11-13-7-5-4-6-8-13/h4-8,14,19H,3,9-12H2,1-2H3,(H2,16,17,18). The normalized spacial score (nSPS) is 13.1. The largest absolute Gasteiger partial charge is 0.391 e. The fourth-order valence-electron chi connectivity index (χ4n) is 1.76. The summed E-state index contributed by atoms with van der Waals surface area (Å²) in [4.78, 5) is 4.37. The molecule has 3 N–H and O–H groups in total. The Kier molecular flexibility index (Phi) is 8.42. The van der Waals surface area contributed by atoms with Crippen LogP contribution in [0, 0.1) is 0 Å². The smallest absolute Gasteiger partial charge is 0.191 e. The number of aliphatic imine (C=N–C) groups is 1. The first kappa shape index (κ1) is 16.5. The molecule has 1 unspecified atom stereocenters. The fourth-order valence-corrected chi connectivity index (χ4v) is 1.76. The van der Waals surface area contributed by atoms with Crippen LogP contribution in [0.1, 0.15) is 12.5 Å². The van der Waals surface area contributed by atoms with E-state index < -0.39 is 6.10 Å². The predicted molar refractivity (Wildman–Crippen MR) is 82.0 cm³/mol. The second-order valence-corrected chi connectivity index (χ2v) is 4.48. The number of guanidine groups is 1. The Morgan fingerprint density at radius 2 is 2.05 bits per heavy atom. The van der Waals surface area contributed by atoms with E-state index in [4.69, 9.17) is 4.74 Å². The van der Waals surface area contributed by atoms with E-state index in [-0.39, 0.29) is 0 Å². The number of benzene rings is 1. The van der Waals surface area contributed by atoms with Gasteiger partial charge in [0.05, 0.1) is 19.3 Å². The van der Waals surface area contributed by atoms with Crippen molar-refractivity contribution in [1.29, 1.82) is 0 Å². The predicted octanol–water partition coefficient (Wildman–Crippen LogP) is 0.791. The number of hydrogen-bond donors (Lipinski definition) is 3. The highest BCUT2D eigenvalue weighted by Gasteiger charge is 2.05. The molecule has 0 saturated carbocycles. The Morgan fingerprint density at radius 1 is 1.30 bits per heavy atom. The SMILES string of the molecule is CCNC(=NCC(O)Cc1ccccc1)NCCOC. The van der Waals surface area contributed by atoms with E-state index in [2.05, 4.69) is 15.6 Å². The van der Waals surface area contributed by atoms with Crippen LogP contribution in [0.4, 0.5) is 0 Å². The maximum atomic E-state index is 10.0. The van der Waals surface area contributed by atoms with Gasteiger partial charge in [-0.25, -0.2) is 0 Å². The van der Waals surface area contributed by atoms with Crippen LogP contribution in [0.5, 0.6) is 0 Å². The summed E-state index contributed by atoms with van der Waals surface area (Å²) in [5.41, 5.74) is 1.12. The molecular formula is C15H25N3O2. The maximum absolute atomic E-state index is 10.0. The lowest BCUT2D eigenvalue weighted by Crippen LogP contribution is -2.39. The molecule has 1 rings (SSSR count). The first-order valence-corrected chi connectivity index (χ1v) is 6.99. The molecular weight excluding hydrogens is 254 g/mol. The van der Waals surface area contributed by atoms with Crippen molar-refractivity contribution in [3.8, 4) is 0 Å². The molecule has 0 aliphatic carbocycles. The zero-order valence-corrected chi connectivity index (χ0v) is 12.3. The van der Waals surface area contributed by atoms with Crippen molar-refractivity contribution in [2.45, 2.75) is 19.4 Å². The molecule has 1 atom stereocenters. The molecule has 5 nitrogen and oxygen atoms in total. The van der Waals surface area contributed by atoms with Gasteiger partial charge in [0.25, 0.3) is 0 Å². The molecule has 0 aliphatic rings. The zero-order valence-electron chi connectivity index (χ0n) is 12.3. The van der Waals surface area contributed by atoms with E-state index in [1.165, 1.54) is 0 Å². The van der Waals surface area contributed by atoms with Crippen LogP contribution < -0.4 is 10.6 Å². The highest BCUT2D eigenvalue weighted by Crippen LogP contribution is 2.03. The lowest BCUT2D eigenvalue weighted by molar-refractivity contribution is 0.183. The van der Waals surface area contributed by atoms with Crippen LogP contribution in [-0.4, -0.2) is 50.5 Å². The van der Waals surface area contributed by atoms with Gasteiger partial charge in [-0.3, -0.25) is 4.99 Å². The average Bonchev–Trinajstić information content (AvgIpc) is 2.46. The first-order valence-electron chi connectivity index (χ1n) is 6.99. The Labute approximate surface area is 121 Å². The molecule has 0 spiro atoms. The number of hydrogen-bond acceptors (Lipinski definition) is 3. The fraction of sp³-hybridized carbons (Fsp3) is 0.533. The van der Waals surface area contributed by atoms with Crippen molar-refractivity contribution in [3.63, 3.8) is 0 Å². The van der Waals surface area contributed by atoms with Crippen LogP contribution in [0.3, 0.4) is 0 Å². The van der Waals surface area contributed by atoms with Crippen molar-refractivity contribution in [3.05, 3.63) is 35.9 Å². The molecule has 0 heterocycles. The first-order chi connectivity index (χ1) is 9.76. The van der Waals surface area contributed by atoms with E-state index in [0.717, 1.165) is 12.1 Å². The highest BCUT2D eigenvalue weighted by atomic mass is 16.5. The Hall–Kier alpha value is -1.59. The van der Waals surface area contributed by atoms with Crippen molar-refractivity contribution in [2.24, 2.45) is 4.99 Å². The molecule has 0 aromatic heterocycles. The lowest BCUT2D eigenvalue weighted by atomic mass is 10.1. The van der Waals surface area contributed by atoms with Crippen molar-refractivity contribution in [2.75, 3.05) is 33.4 Å². The van der Waals surface area contributed by atoms with E-state index in [1.807, 2.05) is 37.3 Å². The molecule has 0 saturated heterocycles. The van der Waals surface area contributed by atoms with Gasteiger partial charge in [0.1, 0.15) is 0 Å². The summed E-state index contributed by atoms with van der Waals surface area (Å²) >= 11 is 0. The van der Waals surface area contributed by atoms with Gasteiger partial charge in [0.15, 0.2) is 5.96 Å². The Bertz CT molecular complexity index is 382. The molecule has 0 aliphatic heterocycles. The van der Waals surface area contributed by atoms with Crippen molar-refractivity contribution < 1.29 is 9.84 Å². The van der Waals surface area contributed by atoms with Gasteiger partial charge in [-0.2, -0.15) is 0 Å². The third kappa shape index (κ3) is 7.11. The van der Waals surface area contributed by atoms with Gasteiger partial charge >= 0.3 is 0 Å². The number of ether oxygens (including phenoxy) is 1. The molecule has 0 radical (unpaired) electrons. The average molecular weight is 279 g/mol. The summed E-state index contributed by atoms with van der Waals surface area (Å²) in [5.74, 6) is 0.705. The number of aliphatic hydroxyl groups is 1. The minimum atomic E-state index is -0.477. The maximum Gasteiger partial charge on any atom is 0.191 e. The zero-order chi connectivity index (χ0) is 14.6. The topological polar surface area (TPSA) is 65.9 Å². The summed E-state index contributed by atoms with van der Waals surface area (Å²) in [5, 5.41) is 16.3. The van der Waals surface area contributed by atoms with E-state index >= 15 is 0 Å². The summed E-state index contributed by atoms with van der Waals surface area (Å²) in [7, 11) is 1.66. The quantitative estimate of drug-likeness (QED) is 0.374. The van der Waals surface area contributed by atoms with Crippen LogP contribution in [-0.2, 0) is 11.2 Å². The second-order valence-electron chi connectivity index (χ2n) is 4.48. The van der Waals surface area contributed by atoms with Crippen LogP contribution in [0.25, 0.3) is 0 Å². The van der Waals surface area contributed by atoms with Crippen molar-refractivity contribution in [1.82, 2.24) is 10.6 Å². The number of nitrogens with zero attached hydrogens (tertiary/aromatic N) is 1. The number of nitrogens with one attached hydrogen (secondary N) is 2. The number of methoxy groups -OCH3 is 1. The van der Waals surface area contributed by atoms with Gasteiger partial charge in [0.2, 0.25) is 0 Å². The summed E-state index contributed by atoms with van der Waals surface area (Å²) in [6.07, 6.45) is 0.136. The minimum Gasteiger partial charge on any atom is -0.391 e. The monoisotopic (exact) mass is 279 g/mol. The molecule has 0 amide bonds. The molecule has 0 bridgehead atoms. The van der Waals surface area contributed by atoms with E-state index in [9.17, 15) is 5.11 Å². The summed E-state index contributed by atoms with van der Waals surface area (Å²) in [6, 6.07) is 9.93. The minimum absolute atomic E-state index is 0.372. The van der Waals surface area contributed by atoms with E-state index in [1.54, 1.807) is 7.11 Å². The molecule has 112 valence electrons. The molecule has 1 aromatic rings. The van der Waals surface area contributed by atoms with Crippen LogP contribution in [0.15, 0.2) is 35.3 Å². The van der Waals surface area contributed by atoms with Crippen LogP contribution in [0.2, 0.25) is 0 Å². The Balaban J connectivity index is 2.40. The van der Waals surface area contributed by atoms with Gasteiger partial charge in [-0.1, -0.05) is 30.3 Å². The molecule has 0 fully saturated rings. The second kappa shape index (κ2) is 10.2. The lowest BCUT2D eigenvalue weighted by Gasteiger charge is -2.13. The third-order valence-electron chi connectivity index (χ3n) is 2.72. The molecule has 1 aromatic carbocycles. The van der Waals surface area contributed by atoms with Gasteiger partial charge in [-0.05, 0) is 12.5 Å². The number of aliphatic hydroxyl groups excluding tert-OH is 1. The van der Waals surface area contributed by atoms with Gasteiger partial charge in [-0.15, -0.1) is 0 Å². The Morgan fingerprint density at radius 3 is 2.70 bits per heavy atom. The molecule has 20 heavy (non-hydrogen) atoms. The van der Waals surface area contributed by atoms with E-state index in [0.29, 0.717) is 32.1 Å². The van der Waals surface area contributed by atoms with Gasteiger partial charge < -0.3 is 20.5 Å². The van der Waals surface area contributed by atoms with Gasteiger partial charge in [0, 0.05) is 26.6 Å². The summed E-state index contributed by atoms with van der Waals surface area (Å²) in [6.45, 7) is 4.48. The highest BCUT2D eigenvalue weighted by molar-refractivity contribution is 5.79. The van der Waals surface area contributed by atoms with Crippen molar-refractivity contribution >= 4 is 5.96 Å². The molecule has 5 heteroatoms. The summed E-state index contributed by atoms with van der Waals surface area (Å²) < 4.78 is 4.98.